The van der Waals surface area contributed by atoms with Gasteiger partial charge in [-0.1, -0.05) is 0 Å². The molecule has 6 heteroatoms. The first-order valence-electron chi connectivity index (χ1n) is 7.03. The Kier molecular flexibility index (Phi) is 5.15. The van der Waals surface area contributed by atoms with Gasteiger partial charge < -0.3 is 15.0 Å². The molecule has 2 amide bonds. The maximum atomic E-state index is 12.1. The maximum absolute atomic E-state index is 12.1. The number of carbonyl (C=O) groups excluding carboxylic acids is 2. The Balaban J connectivity index is 1.62. The number of amides is 2. The summed E-state index contributed by atoms with van der Waals surface area (Å²) >= 11 is 0. The molecule has 1 saturated carbocycles. The molecule has 0 aromatic rings. The standard InChI is InChI=1S/C13H23N3O3/c1-10(13(18)16-4-6-19-7-5-16)14-9-12(17)15-8-11-2-3-11/h10-11,14H,2-9H2,1H3,(H,15,17). The average molecular weight is 269 g/mol. The molecule has 0 bridgehead atoms. The van der Waals surface area contributed by atoms with Crippen LogP contribution in [0.4, 0.5) is 0 Å². The van der Waals surface area contributed by atoms with Crippen molar-refractivity contribution in [3.8, 4) is 0 Å². The molecule has 19 heavy (non-hydrogen) atoms. The lowest BCUT2D eigenvalue weighted by Gasteiger charge is -2.29. The number of ether oxygens (including phenoxy) is 1. The highest BCUT2D eigenvalue weighted by Gasteiger charge is 2.23. The zero-order chi connectivity index (χ0) is 13.7. The lowest BCUT2D eigenvalue weighted by Crippen LogP contribution is -2.50. The second-order valence-electron chi connectivity index (χ2n) is 5.29. The number of morpholine rings is 1. The summed E-state index contributed by atoms with van der Waals surface area (Å²) in [6.45, 7) is 5.24. The highest BCUT2D eigenvalue weighted by Crippen LogP contribution is 2.27. The molecular weight excluding hydrogens is 246 g/mol. The summed E-state index contributed by atoms with van der Waals surface area (Å²) in [4.78, 5) is 25.4. The van der Waals surface area contributed by atoms with Crippen LogP contribution in [0.15, 0.2) is 0 Å². The third-order valence-electron chi connectivity index (χ3n) is 3.55. The Labute approximate surface area is 113 Å². The van der Waals surface area contributed by atoms with E-state index >= 15 is 0 Å². The summed E-state index contributed by atoms with van der Waals surface area (Å²) < 4.78 is 5.21. The van der Waals surface area contributed by atoms with Gasteiger partial charge in [0.15, 0.2) is 0 Å². The van der Waals surface area contributed by atoms with Crippen molar-refractivity contribution in [2.75, 3.05) is 39.4 Å². The van der Waals surface area contributed by atoms with Crippen LogP contribution < -0.4 is 10.6 Å². The van der Waals surface area contributed by atoms with E-state index in [1.165, 1.54) is 12.8 Å². The monoisotopic (exact) mass is 269 g/mol. The van der Waals surface area contributed by atoms with Crippen molar-refractivity contribution < 1.29 is 14.3 Å². The van der Waals surface area contributed by atoms with E-state index in [0.717, 1.165) is 6.54 Å². The van der Waals surface area contributed by atoms with E-state index in [4.69, 9.17) is 4.74 Å². The van der Waals surface area contributed by atoms with Crippen LogP contribution in [-0.4, -0.2) is 62.1 Å². The molecule has 1 unspecified atom stereocenters. The van der Waals surface area contributed by atoms with Crippen LogP contribution in [0.5, 0.6) is 0 Å². The summed E-state index contributed by atoms with van der Waals surface area (Å²) in [5, 5.41) is 5.85. The van der Waals surface area contributed by atoms with Gasteiger partial charge in [0.1, 0.15) is 0 Å². The lowest BCUT2D eigenvalue weighted by atomic mass is 10.2. The van der Waals surface area contributed by atoms with Crippen LogP contribution in [0.1, 0.15) is 19.8 Å². The summed E-state index contributed by atoms with van der Waals surface area (Å²) in [6.07, 6.45) is 2.44. The molecule has 2 fully saturated rings. The van der Waals surface area contributed by atoms with Crippen molar-refractivity contribution in [1.82, 2.24) is 15.5 Å². The largest absolute Gasteiger partial charge is 0.378 e. The molecule has 0 aromatic heterocycles. The predicted molar refractivity (Wildman–Crippen MR) is 70.6 cm³/mol. The predicted octanol–water partition coefficient (Wildman–Crippen LogP) is -0.650. The smallest absolute Gasteiger partial charge is 0.239 e. The van der Waals surface area contributed by atoms with E-state index in [2.05, 4.69) is 10.6 Å². The van der Waals surface area contributed by atoms with Crippen LogP contribution in [0.2, 0.25) is 0 Å². The van der Waals surface area contributed by atoms with Gasteiger partial charge in [-0.25, -0.2) is 0 Å². The van der Waals surface area contributed by atoms with Crippen LogP contribution >= 0.6 is 0 Å². The van der Waals surface area contributed by atoms with E-state index in [1.54, 1.807) is 11.8 Å². The zero-order valence-electron chi connectivity index (χ0n) is 11.5. The topological polar surface area (TPSA) is 70.7 Å². The van der Waals surface area contributed by atoms with Crippen molar-refractivity contribution in [2.24, 2.45) is 5.92 Å². The van der Waals surface area contributed by atoms with Gasteiger partial charge >= 0.3 is 0 Å². The lowest BCUT2D eigenvalue weighted by molar-refractivity contribution is -0.137. The second kappa shape index (κ2) is 6.86. The Bertz CT molecular complexity index is 325. The molecule has 1 aliphatic heterocycles. The van der Waals surface area contributed by atoms with Gasteiger partial charge in [0.2, 0.25) is 11.8 Å². The molecular formula is C13H23N3O3. The summed E-state index contributed by atoms with van der Waals surface area (Å²) in [6, 6.07) is -0.329. The number of hydrogen-bond acceptors (Lipinski definition) is 4. The van der Waals surface area contributed by atoms with Crippen LogP contribution in [0, 0.1) is 5.92 Å². The van der Waals surface area contributed by atoms with Gasteiger partial charge in [0.25, 0.3) is 0 Å². The summed E-state index contributed by atoms with van der Waals surface area (Å²) in [7, 11) is 0. The Morgan fingerprint density at radius 2 is 2.00 bits per heavy atom. The number of nitrogens with zero attached hydrogens (tertiary/aromatic N) is 1. The Morgan fingerprint density at radius 1 is 1.32 bits per heavy atom. The number of nitrogens with one attached hydrogen (secondary N) is 2. The van der Waals surface area contributed by atoms with Gasteiger partial charge in [0.05, 0.1) is 25.8 Å². The molecule has 1 atom stereocenters. The molecule has 2 aliphatic rings. The van der Waals surface area contributed by atoms with E-state index in [9.17, 15) is 9.59 Å². The SMILES string of the molecule is CC(NCC(=O)NCC1CC1)C(=O)N1CCOCC1. The van der Waals surface area contributed by atoms with Crippen molar-refractivity contribution in [3.05, 3.63) is 0 Å². The fourth-order valence-corrected chi connectivity index (χ4v) is 2.03. The third kappa shape index (κ3) is 4.80. The normalized spacial score (nSPS) is 21.0. The summed E-state index contributed by atoms with van der Waals surface area (Å²) in [5.41, 5.74) is 0. The van der Waals surface area contributed by atoms with Gasteiger partial charge in [-0.05, 0) is 25.7 Å². The number of rotatable bonds is 6. The van der Waals surface area contributed by atoms with Crippen molar-refractivity contribution in [1.29, 1.82) is 0 Å². The van der Waals surface area contributed by atoms with Crippen molar-refractivity contribution in [2.45, 2.75) is 25.8 Å². The van der Waals surface area contributed by atoms with Gasteiger partial charge in [-0.15, -0.1) is 0 Å². The minimum absolute atomic E-state index is 0.0338. The number of hydrogen-bond donors (Lipinski definition) is 2. The van der Waals surface area contributed by atoms with E-state index in [1.807, 2.05) is 0 Å². The Morgan fingerprint density at radius 3 is 2.63 bits per heavy atom. The first-order valence-corrected chi connectivity index (χ1v) is 7.03. The number of carbonyl (C=O) groups is 2. The fraction of sp³-hybridized carbons (Fsp3) is 0.846. The van der Waals surface area contributed by atoms with Crippen LogP contribution in [0.3, 0.4) is 0 Å². The molecule has 1 aliphatic carbocycles. The van der Waals surface area contributed by atoms with E-state index in [0.29, 0.717) is 32.2 Å². The Hall–Kier alpha value is -1.14. The van der Waals surface area contributed by atoms with Crippen molar-refractivity contribution >= 4 is 11.8 Å². The molecule has 0 aromatic carbocycles. The maximum Gasteiger partial charge on any atom is 0.239 e. The minimum atomic E-state index is -0.329. The van der Waals surface area contributed by atoms with Gasteiger partial charge in [-0.3, -0.25) is 14.9 Å². The zero-order valence-corrected chi connectivity index (χ0v) is 11.5. The highest BCUT2D eigenvalue weighted by atomic mass is 16.5. The second-order valence-corrected chi connectivity index (χ2v) is 5.29. The molecule has 6 nitrogen and oxygen atoms in total. The van der Waals surface area contributed by atoms with Gasteiger partial charge in [0, 0.05) is 19.6 Å². The molecule has 2 N–H and O–H groups in total. The van der Waals surface area contributed by atoms with Crippen molar-refractivity contribution in [3.63, 3.8) is 0 Å². The first-order chi connectivity index (χ1) is 9.16. The molecule has 1 saturated heterocycles. The van der Waals surface area contributed by atoms with E-state index < -0.39 is 0 Å². The average Bonchev–Trinajstić information content (AvgIpc) is 3.26. The molecule has 2 rings (SSSR count). The van der Waals surface area contributed by atoms with Gasteiger partial charge in [-0.2, -0.15) is 0 Å². The molecule has 1 heterocycles. The van der Waals surface area contributed by atoms with Crippen LogP contribution in [-0.2, 0) is 14.3 Å². The van der Waals surface area contributed by atoms with E-state index in [-0.39, 0.29) is 24.4 Å². The fourth-order valence-electron chi connectivity index (χ4n) is 2.03. The third-order valence-corrected chi connectivity index (χ3v) is 3.55. The van der Waals surface area contributed by atoms with Crippen LogP contribution in [0.25, 0.3) is 0 Å². The quantitative estimate of drug-likeness (QED) is 0.672. The summed E-state index contributed by atoms with van der Waals surface area (Å²) in [5.74, 6) is 0.683. The minimum Gasteiger partial charge on any atom is -0.378 e. The highest BCUT2D eigenvalue weighted by molar-refractivity contribution is 5.83. The molecule has 0 radical (unpaired) electrons. The first kappa shape index (κ1) is 14.3. The molecule has 108 valence electrons. The molecule has 0 spiro atoms.